The quantitative estimate of drug-likeness (QED) is 0.489. The number of benzene rings is 2. The van der Waals surface area contributed by atoms with Crippen LogP contribution in [0, 0.1) is 13.8 Å². The van der Waals surface area contributed by atoms with Gasteiger partial charge in [-0.1, -0.05) is 0 Å². The molecule has 0 bridgehead atoms. The van der Waals surface area contributed by atoms with Gasteiger partial charge in [-0.05, 0) is 0 Å². The van der Waals surface area contributed by atoms with Crippen molar-refractivity contribution in [2.45, 2.75) is 30.6 Å². The Morgan fingerprint density at radius 3 is 2.21 bits per heavy atom. The van der Waals surface area contributed by atoms with Crippen molar-refractivity contribution in [3.05, 3.63) is 70.8 Å². The largest absolute Gasteiger partial charge is 1.00 e. The minimum absolute atomic E-state index is 0. The predicted octanol–water partition coefficient (Wildman–Crippen LogP) is -0.992. The SMILES string of the molecule is Cc1cc(C)cc([NH][Hf+2]([CH]2C=Cc3ccccc32)[SiH](C)C)c1.[Cl-].[Cl-]. The van der Waals surface area contributed by atoms with Crippen LogP contribution in [0.25, 0.3) is 6.08 Å². The molecule has 0 aliphatic heterocycles. The molecule has 1 N–H and O–H groups in total. The number of allylic oxidation sites excluding steroid dienone is 1. The van der Waals surface area contributed by atoms with E-state index in [4.69, 9.17) is 0 Å². The molecule has 0 fully saturated rings. The summed E-state index contributed by atoms with van der Waals surface area (Å²) in [5.41, 5.74) is 7.09. The van der Waals surface area contributed by atoms with Gasteiger partial charge >= 0.3 is 143 Å². The minimum Gasteiger partial charge on any atom is -1.00 e. The molecule has 1 nitrogen and oxygen atoms in total. The summed E-state index contributed by atoms with van der Waals surface area (Å²) >= 11 is -1.92. The fourth-order valence-corrected chi connectivity index (χ4v) is 24.4. The normalized spacial score (nSPS) is 14.6. The summed E-state index contributed by atoms with van der Waals surface area (Å²) < 4.78 is 4.78. The molecule has 0 aromatic heterocycles. The van der Waals surface area contributed by atoms with Crippen molar-refractivity contribution in [2.75, 3.05) is 3.30 Å². The van der Waals surface area contributed by atoms with E-state index in [0.717, 1.165) is 0 Å². The van der Waals surface area contributed by atoms with Crippen LogP contribution in [-0.2, 0) is 20.9 Å². The number of hydrogen-bond donors (Lipinski definition) is 1. The maximum atomic E-state index is 4.07. The fourth-order valence-electron chi connectivity index (χ4n) is 3.32. The van der Waals surface area contributed by atoms with Gasteiger partial charge in [0.25, 0.3) is 0 Å². The van der Waals surface area contributed by atoms with Crippen LogP contribution in [0.5, 0.6) is 0 Å². The molecule has 1 aliphatic rings. The summed E-state index contributed by atoms with van der Waals surface area (Å²) in [6, 6.07) is 15.8. The van der Waals surface area contributed by atoms with E-state index < -0.39 is 26.9 Å². The van der Waals surface area contributed by atoms with Gasteiger partial charge in [-0.25, -0.2) is 0 Å². The molecule has 24 heavy (non-hydrogen) atoms. The van der Waals surface area contributed by atoms with Crippen LogP contribution in [0.4, 0.5) is 5.69 Å². The first-order valence-electron chi connectivity index (χ1n) is 8.04. The Hall–Kier alpha value is -0.353. The second-order valence-electron chi connectivity index (χ2n) is 6.58. The van der Waals surface area contributed by atoms with Crippen molar-refractivity contribution in [1.82, 2.24) is 0 Å². The number of fused-ring (bicyclic) bond motifs is 1. The molecule has 1 aliphatic carbocycles. The Kier molecular flexibility index (Phi) is 8.47. The van der Waals surface area contributed by atoms with Crippen molar-refractivity contribution < 1.29 is 45.7 Å². The van der Waals surface area contributed by atoms with Crippen LogP contribution in [0.1, 0.15) is 25.9 Å². The van der Waals surface area contributed by atoms with E-state index in [2.05, 4.69) is 84.9 Å². The van der Waals surface area contributed by atoms with E-state index in [1.54, 1.807) is 5.56 Å². The molecule has 0 saturated heterocycles. The third-order valence-corrected chi connectivity index (χ3v) is 29.3. The first-order chi connectivity index (χ1) is 10.5. The number of rotatable bonds is 4. The van der Waals surface area contributed by atoms with E-state index in [-0.39, 0.29) is 24.8 Å². The van der Waals surface area contributed by atoms with E-state index in [9.17, 15) is 0 Å². The van der Waals surface area contributed by atoms with E-state index >= 15 is 0 Å². The van der Waals surface area contributed by atoms with Crippen LogP contribution in [-0.4, -0.2) is 5.98 Å². The van der Waals surface area contributed by atoms with Crippen LogP contribution in [0.2, 0.25) is 13.1 Å². The van der Waals surface area contributed by atoms with Gasteiger partial charge in [-0.2, -0.15) is 0 Å². The monoisotopic (exact) mass is 544 g/mol. The Labute approximate surface area is 167 Å². The predicted molar refractivity (Wildman–Crippen MR) is 96.6 cm³/mol. The number of anilines is 1. The van der Waals surface area contributed by atoms with Crippen LogP contribution in [0.3, 0.4) is 0 Å². The van der Waals surface area contributed by atoms with Gasteiger partial charge in [0.1, 0.15) is 0 Å². The van der Waals surface area contributed by atoms with Crippen LogP contribution in [0.15, 0.2) is 48.5 Å². The summed E-state index contributed by atoms with van der Waals surface area (Å²) in [4.78, 5) is 0. The van der Waals surface area contributed by atoms with Crippen molar-refractivity contribution in [3.8, 4) is 0 Å². The van der Waals surface area contributed by atoms with Gasteiger partial charge in [0.15, 0.2) is 0 Å². The average Bonchev–Trinajstić information content (AvgIpc) is 2.87. The molecular weight excluding hydrogens is 520 g/mol. The molecule has 2 aromatic rings. The molecule has 1 atom stereocenters. The average molecular weight is 544 g/mol. The topological polar surface area (TPSA) is 12.0 Å². The molecular formula is C19H24Cl2HfNSi. The van der Waals surface area contributed by atoms with Crippen molar-refractivity contribution in [3.63, 3.8) is 0 Å². The summed E-state index contributed by atoms with van der Waals surface area (Å²) in [5, 5.41) is 0. The van der Waals surface area contributed by atoms with Crippen molar-refractivity contribution in [1.29, 1.82) is 0 Å². The minimum atomic E-state index is -1.92. The van der Waals surface area contributed by atoms with Crippen molar-refractivity contribution >= 4 is 17.7 Å². The second kappa shape index (κ2) is 9.37. The van der Waals surface area contributed by atoms with Gasteiger partial charge in [0.2, 0.25) is 0 Å². The molecule has 5 heteroatoms. The molecule has 0 radical (unpaired) electrons. The smallest absolute Gasteiger partial charge is 1.00 e. The van der Waals surface area contributed by atoms with Gasteiger partial charge in [0, 0.05) is 0 Å². The van der Waals surface area contributed by atoms with Gasteiger partial charge in [-0.3, -0.25) is 0 Å². The van der Waals surface area contributed by atoms with Crippen molar-refractivity contribution in [2.24, 2.45) is 0 Å². The fraction of sp³-hybridized carbons (Fsp3) is 0.263. The molecule has 3 rings (SSSR count). The molecule has 1 unspecified atom stereocenters. The van der Waals surface area contributed by atoms with Gasteiger partial charge < -0.3 is 24.8 Å². The maximum Gasteiger partial charge on any atom is -1.00 e. The van der Waals surface area contributed by atoms with Crippen LogP contribution < -0.4 is 28.1 Å². The molecule has 127 valence electrons. The zero-order valence-electron chi connectivity index (χ0n) is 14.6. The Morgan fingerprint density at radius 2 is 1.58 bits per heavy atom. The first kappa shape index (κ1) is 21.7. The maximum absolute atomic E-state index is 4.07. The third-order valence-electron chi connectivity index (χ3n) is 4.27. The third kappa shape index (κ3) is 4.84. The number of aryl methyl sites for hydroxylation is 2. The second-order valence-corrected chi connectivity index (χ2v) is 32.8. The molecule has 0 spiro atoms. The zero-order chi connectivity index (χ0) is 15.7. The first-order valence-corrected chi connectivity index (χ1v) is 21.0. The Morgan fingerprint density at radius 1 is 0.958 bits per heavy atom. The van der Waals surface area contributed by atoms with E-state index in [0.29, 0.717) is 3.67 Å². The Balaban J connectivity index is 0.00000144. The zero-order valence-corrected chi connectivity index (χ0v) is 20.9. The summed E-state index contributed by atoms with van der Waals surface area (Å²) in [6.45, 7) is 9.46. The molecule has 0 heterocycles. The van der Waals surface area contributed by atoms with E-state index in [1.807, 2.05) is 0 Å². The summed E-state index contributed by atoms with van der Waals surface area (Å²) in [6.07, 6.45) is 4.82. The molecule has 0 amide bonds. The summed E-state index contributed by atoms with van der Waals surface area (Å²) in [7, 11) is 0. The van der Waals surface area contributed by atoms with Crippen LogP contribution >= 0.6 is 0 Å². The number of nitrogens with one attached hydrogen (secondary N) is 1. The van der Waals surface area contributed by atoms with E-state index in [1.165, 1.54) is 22.4 Å². The molecule has 0 saturated carbocycles. The Bertz CT molecular complexity index is 698. The number of halogens is 2. The summed E-state index contributed by atoms with van der Waals surface area (Å²) in [5.74, 6) is -0.648. The standard InChI is InChI=1S/C9H7.C8H10N.C2H7Si.2ClH.Hf/c1-2-5-9-7-3-6-8(9)4-1;1-6-3-7(2)5-8(9)4-6;1-3-2;;;/h1-7H;3-5,9H,1-2H3;3H,1-2H3;2*1H;/q;-1;;;;+3/p-2. The molecule has 2 aromatic carbocycles. The number of hydrogen-bond acceptors (Lipinski definition) is 1. The van der Waals surface area contributed by atoms with Gasteiger partial charge in [0.05, 0.1) is 0 Å². The van der Waals surface area contributed by atoms with Gasteiger partial charge in [-0.15, -0.1) is 0 Å².